The van der Waals surface area contributed by atoms with Gasteiger partial charge in [0.25, 0.3) is 0 Å². The van der Waals surface area contributed by atoms with E-state index in [4.69, 9.17) is 0 Å². The second-order valence-electron chi connectivity index (χ2n) is 7.27. The molecule has 5 heteroatoms. The van der Waals surface area contributed by atoms with Gasteiger partial charge < -0.3 is 14.7 Å². The third kappa shape index (κ3) is 3.56. The number of likely N-dealkylation sites (N-methyl/N-ethyl adjacent to an activating group) is 1. The fraction of sp³-hybridized carbons (Fsp3) is 0.600. The number of amides is 2. The van der Waals surface area contributed by atoms with Crippen molar-refractivity contribution in [3.63, 3.8) is 0 Å². The fourth-order valence-electron chi connectivity index (χ4n) is 4.19. The second-order valence-corrected chi connectivity index (χ2v) is 7.27. The highest BCUT2D eigenvalue weighted by atomic mass is 16.2. The molecular formula is C20H29N3O2. The van der Waals surface area contributed by atoms with E-state index < -0.39 is 0 Å². The van der Waals surface area contributed by atoms with Crippen LogP contribution in [0.1, 0.15) is 36.9 Å². The smallest absolute Gasteiger partial charge is 0.228 e. The number of aryl methyl sites for hydroxylation is 1. The minimum Gasteiger partial charge on any atom is -0.341 e. The lowest BCUT2D eigenvalue weighted by Crippen LogP contribution is -2.41. The van der Waals surface area contributed by atoms with Crippen LogP contribution in [0.3, 0.4) is 0 Å². The number of likely N-dealkylation sites (tertiary alicyclic amines) is 1. The first kappa shape index (κ1) is 17.9. The maximum absolute atomic E-state index is 13.3. The van der Waals surface area contributed by atoms with Crippen LogP contribution in [0.4, 0.5) is 0 Å². The van der Waals surface area contributed by atoms with E-state index in [2.05, 4.69) is 31.0 Å². The molecule has 0 radical (unpaired) electrons. The van der Waals surface area contributed by atoms with Gasteiger partial charge >= 0.3 is 0 Å². The zero-order chi connectivity index (χ0) is 18.0. The molecule has 0 aliphatic carbocycles. The van der Waals surface area contributed by atoms with Crippen LogP contribution in [-0.2, 0) is 9.59 Å². The Labute approximate surface area is 150 Å². The Hall–Kier alpha value is -1.88. The number of rotatable bonds is 3. The summed E-state index contributed by atoms with van der Waals surface area (Å²) in [6.07, 6.45) is 1.33. The van der Waals surface area contributed by atoms with E-state index >= 15 is 0 Å². The molecule has 5 nitrogen and oxygen atoms in total. The van der Waals surface area contributed by atoms with Gasteiger partial charge in [0.05, 0.1) is 12.0 Å². The lowest BCUT2D eigenvalue weighted by molar-refractivity contribution is -0.136. The molecule has 2 atom stereocenters. The van der Waals surface area contributed by atoms with Crippen LogP contribution in [0.2, 0.25) is 0 Å². The Morgan fingerprint density at radius 3 is 2.64 bits per heavy atom. The van der Waals surface area contributed by atoms with Gasteiger partial charge in [0.1, 0.15) is 0 Å². The van der Waals surface area contributed by atoms with Crippen molar-refractivity contribution in [2.24, 2.45) is 5.92 Å². The third-order valence-electron chi connectivity index (χ3n) is 5.63. The summed E-state index contributed by atoms with van der Waals surface area (Å²) in [5.74, 6) is -0.0224. The van der Waals surface area contributed by atoms with E-state index in [9.17, 15) is 9.59 Å². The first-order valence-electron chi connectivity index (χ1n) is 9.35. The quantitative estimate of drug-likeness (QED) is 0.844. The van der Waals surface area contributed by atoms with Gasteiger partial charge in [0.15, 0.2) is 0 Å². The minimum absolute atomic E-state index is 0.0982. The molecular weight excluding hydrogens is 314 g/mol. The van der Waals surface area contributed by atoms with Crippen molar-refractivity contribution >= 4 is 11.8 Å². The molecule has 136 valence electrons. The van der Waals surface area contributed by atoms with Crippen molar-refractivity contribution in [1.82, 2.24) is 14.7 Å². The van der Waals surface area contributed by atoms with Gasteiger partial charge in [-0.3, -0.25) is 9.59 Å². The fourth-order valence-corrected chi connectivity index (χ4v) is 4.19. The Morgan fingerprint density at radius 2 is 1.92 bits per heavy atom. The molecule has 25 heavy (non-hydrogen) atoms. The van der Waals surface area contributed by atoms with Crippen molar-refractivity contribution in [2.75, 3.05) is 39.8 Å². The predicted molar refractivity (Wildman–Crippen MR) is 98.1 cm³/mol. The molecule has 2 heterocycles. The molecule has 0 aromatic heterocycles. The number of hydrogen-bond donors (Lipinski definition) is 0. The van der Waals surface area contributed by atoms with Crippen molar-refractivity contribution in [2.45, 2.75) is 32.7 Å². The van der Waals surface area contributed by atoms with Gasteiger partial charge in [0.2, 0.25) is 11.8 Å². The van der Waals surface area contributed by atoms with Gasteiger partial charge in [-0.2, -0.15) is 0 Å². The van der Waals surface area contributed by atoms with E-state index in [0.29, 0.717) is 13.0 Å². The van der Waals surface area contributed by atoms with Gasteiger partial charge in [-0.25, -0.2) is 0 Å². The number of nitrogens with zero attached hydrogens (tertiary/aromatic N) is 3. The molecule has 0 N–H and O–H groups in total. The van der Waals surface area contributed by atoms with Crippen molar-refractivity contribution < 1.29 is 9.59 Å². The van der Waals surface area contributed by atoms with E-state index in [1.807, 2.05) is 28.9 Å². The number of carbonyl (C=O) groups excluding carboxylic acids is 2. The summed E-state index contributed by atoms with van der Waals surface area (Å²) >= 11 is 0. The van der Waals surface area contributed by atoms with Crippen LogP contribution in [-0.4, -0.2) is 66.3 Å². The Balaban J connectivity index is 1.89. The molecule has 2 fully saturated rings. The Morgan fingerprint density at radius 1 is 1.16 bits per heavy atom. The first-order valence-corrected chi connectivity index (χ1v) is 9.35. The zero-order valence-corrected chi connectivity index (χ0v) is 15.6. The highest BCUT2D eigenvalue weighted by Gasteiger charge is 2.45. The molecule has 2 aliphatic heterocycles. The molecule has 3 rings (SSSR count). The first-order chi connectivity index (χ1) is 12.0. The van der Waals surface area contributed by atoms with Gasteiger partial charge in [-0.15, -0.1) is 0 Å². The third-order valence-corrected chi connectivity index (χ3v) is 5.63. The predicted octanol–water partition coefficient (Wildman–Crippen LogP) is 2.07. The summed E-state index contributed by atoms with van der Waals surface area (Å²) < 4.78 is 0. The van der Waals surface area contributed by atoms with Gasteiger partial charge in [-0.05, 0) is 45.0 Å². The SMILES string of the molecule is CCN1C(=O)C[C@@H](C(=O)N2CCCN(C)CC2)[C@@H]1c1ccccc1C. The van der Waals surface area contributed by atoms with Gasteiger partial charge in [0, 0.05) is 32.6 Å². The average molecular weight is 343 g/mol. The number of hydrogen-bond acceptors (Lipinski definition) is 3. The van der Waals surface area contributed by atoms with Crippen LogP contribution in [0, 0.1) is 12.8 Å². The summed E-state index contributed by atoms with van der Waals surface area (Å²) in [5.41, 5.74) is 2.26. The molecule has 1 aromatic carbocycles. The maximum Gasteiger partial charge on any atom is 0.228 e. The lowest BCUT2D eigenvalue weighted by Gasteiger charge is -2.31. The molecule has 0 unspecified atom stereocenters. The monoisotopic (exact) mass is 343 g/mol. The van der Waals surface area contributed by atoms with Crippen LogP contribution < -0.4 is 0 Å². The summed E-state index contributed by atoms with van der Waals surface area (Å²) in [5, 5.41) is 0. The van der Waals surface area contributed by atoms with E-state index in [-0.39, 0.29) is 23.8 Å². The molecule has 0 saturated carbocycles. The van der Waals surface area contributed by atoms with Crippen LogP contribution in [0.5, 0.6) is 0 Å². The largest absolute Gasteiger partial charge is 0.341 e. The van der Waals surface area contributed by atoms with E-state index in [1.54, 1.807) is 0 Å². The second kappa shape index (κ2) is 7.56. The maximum atomic E-state index is 13.3. The Bertz CT molecular complexity index is 646. The molecule has 0 bridgehead atoms. The van der Waals surface area contributed by atoms with E-state index in [1.165, 1.54) is 0 Å². The lowest BCUT2D eigenvalue weighted by atomic mass is 9.89. The summed E-state index contributed by atoms with van der Waals surface area (Å²) in [7, 11) is 2.10. The average Bonchev–Trinajstić information content (AvgIpc) is 2.77. The van der Waals surface area contributed by atoms with Crippen molar-refractivity contribution in [1.29, 1.82) is 0 Å². The molecule has 2 amide bonds. The van der Waals surface area contributed by atoms with Crippen molar-refractivity contribution in [3.8, 4) is 0 Å². The normalized spacial score (nSPS) is 25.3. The van der Waals surface area contributed by atoms with Crippen LogP contribution in [0.15, 0.2) is 24.3 Å². The van der Waals surface area contributed by atoms with Gasteiger partial charge in [-0.1, -0.05) is 24.3 Å². The standard InChI is InChI=1S/C20H29N3O2/c1-4-23-18(24)14-17(19(23)16-9-6-5-8-15(16)2)20(25)22-11-7-10-21(3)12-13-22/h5-6,8-9,17,19H,4,7,10-14H2,1-3H3/t17-,19+/m1/s1. The highest BCUT2D eigenvalue weighted by molar-refractivity contribution is 5.90. The molecule has 2 saturated heterocycles. The van der Waals surface area contributed by atoms with E-state index in [0.717, 1.165) is 43.7 Å². The summed E-state index contributed by atoms with van der Waals surface area (Å²) in [4.78, 5) is 32.0. The minimum atomic E-state index is -0.267. The van der Waals surface area contributed by atoms with Crippen molar-refractivity contribution in [3.05, 3.63) is 35.4 Å². The van der Waals surface area contributed by atoms with Crippen LogP contribution in [0.25, 0.3) is 0 Å². The summed E-state index contributed by atoms with van der Waals surface area (Å²) in [6, 6.07) is 8.01. The zero-order valence-electron chi connectivity index (χ0n) is 15.6. The molecule has 0 spiro atoms. The summed E-state index contributed by atoms with van der Waals surface area (Å²) in [6.45, 7) is 8.18. The highest BCUT2D eigenvalue weighted by Crippen LogP contribution is 2.40. The van der Waals surface area contributed by atoms with Crippen LogP contribution >= 0.6 is 0 Å². The topological polar surface area (TPSA) is 43.9 Å². The number of benzene rings is 1. The molecule has 2 aliphatic rings. The Kier molecular flexibility index (Phi) is 5.42. The number of carbonyl (C=O) groups is 2. The molecule has 1 aromatic rings.